The van der Waals surface area contributed by atoms with Crippen LogP contribution >= 0.6 is 0 Å². The molecule has 1 aliphatic heterocycles. The van der Waals surface area contributed by atoms with Crippen molar-refractivity contribution in [2.45, 2.75) is 26.2 Å². The summed E-state index contributed by atoms with van der Waals surface area (Å²) in [7, 11) is 0. The highest BCUT2D eigenvalue weighted by Gasteiger charge is 2.43. The number of hydrogen-bond acceptors (Lipinski definition) is 5. The van der Waals surface area contributed by atoms with Gasteiger partial charge in [-0.25, -0.2) is 4.79 Å². The van der Waals surface area contributed by atoms with E-state index in [2.05, 4.69) is 11.1 Å². The Kier molecular flexibility index (Phi) is 3.45. The lowest BCUT2D eigenvalue weighted by Gasteiger charge is -2.16. The molecular formula is C12H15N3O3. The van der Waals surface area contributed by atoms with Gasteiger partial charge in [0.1, 0.15) is 0 Å². The molecule has 0 bridgehead atoms. The number of rotatable bonds is 2. The Morgan fingerprint density at radius 1 is 1.67 bits per heavy atom. The number of aryl methyl sites for hydroxylation is 1. The quantitative estimate of drug-likeness (QED) is 0.809. The second kappa shape index (κ2) is 4.88. The lowest BCUT2D eigenvalue weighted by Crippen LogP contribution is -2.30. The molecule has 0 unspecified atom stereocenters. The topological polar surface area (TPSA) is 88.1 Å². The van der Waals surface area contributed by atoms with Crippen LogP contribution in [-0.4, -0.2) is 27.4 Å². The summed E-state index contributed by atoms with van der Waals surface area (Å²) in [6.07, 6.45) is 0.474. The molecule has 0 aromatic carbocycles. The highest BCUT2D eigenvalue weighted by Crippen LogP contribution is 2.37. The molecule has 0 radical (unpaired) electrons. The minimum atomic E-state index is -0.678. The van der Waals surface area contributed by atoms with Crippen molar-refractivity contribution in [3.05, 3.63) is 28.4 Å². The van der Waals surface area contributed by atoms with Gasteiger partial charge in [-0.15, -0.1) is 0 Å². The van der Waals surface area contributed by atoms with Crippen molar-refractivity contribution < 1.29 is 9.84 Å². The molecule has 6 heteroatoms. The molecule has 6 nitrogen and oxygen atoms in total. The third-order valence-electron chi connectivity index (χ3n) is 3.35. The van der Waals surface area contributed by atoms with Crippen molar-refractivity contribution in [3.63, 3.8) is 0 Å². The van der Waals surface area contributed by atoms with Crippen LogP contribution in [-0.2, 0) is 4.74 Å². The van der Waals surface area contributed by atoms with Gasteiger partial charge in [0.25, 0.3) is 0 Å². The predicted molar refractivity (Wildman–Crippen MR) is 62.5 cm³/mol. The summed E-state index contributed by atoms with van der Waals surface area (Å²) in [5.41, 5.74) is 0.181. The number of aliphatic hydroxyl groups excluding tert-OH is 1. The van der Waals surface area contributed by atoms with Crippen LogP contribution < -0.4 is 5.69 Å². The number of aliphatic hydroxyl groups is 1. The van der Waals surface area contributed by atoms with E-state index >= 15 is 0 Å². The summed E-state index contributed by atoms with van der Waals surface area (Å²) in [5, 5.41) is 18.4. The summed E-state index contributed by atoms with van der Waals surface area (Å²) >= 11 is 0. The Balaban J connectivity index is 2.39. The Morgan fingerprint density at radius 2 is 2.39 bits per heavy atom. The van der Waals surface area contributed by atoms with Gasteiger partial charge in [-0.1, -0.05) is 6.92 Å². The van der Waals surface area contributed by atoms with Crippen molar-refractivity contribution in [1.82, 2.24) is 9.55 Å². The minimum absolute atomic E-state index is 0.127. The molecule has 1 fully saturated rings. The minimum Gasteiger partial charge on any atom is -0.394 e. The van der Waals surface area contributed by atoms with Gasteiger partial charge in [0, 0.05) is 17.8 Å². The van der Waals surface area contributed by atoms with Crippen molar-refractivity contribution in [2.24, 2.45) is 11.8 Å². The number of nitriles is 1. The monoisotopic (exact) mass is 249 g/mol. The van der Waals surface area contributed by atoms with Crippen LogP contribution in [0.1, 0.15) is 18.8 Å². The molecule has 0 aliphatic carbocycles. The summed E-state index contributed by atoms with van der Waals surface area (Å²) in [6, 6.07) is 3.84. The second-order valence-electron chi connectivity index (χ2n) is 4.52. The summed E-state index contributed by atoms with van der Waals surface area (Å²) in [5.74, 6) is -0.595. The molecule has 1 aliphatic rings. The normalized spacial score (nSPS) is 31.2. The van der Waals surface area contributed by atoms with E-state index in [1.165, 1.54) is 4.57 Å². The van der Waals surface area contributed by atoms with Crippen molar-refractivity contribution in [3.8, 4) is 6.07 Å². The van der Waals surface area contributed by atoms with Gasteiger partial charge in [-0.2, -0.15) is 10.2 Å². The van der Waals surface area contributed by atoms with Gasteiger partial charge in [-0.05, 0) is 13.0 Å². The predicted octanol–water partition coefficient (Wildman–Crippen LogP) is 0.217. The van der Waals surface area contributed by atoms with Gasteiger partial charge >= 0.3 is 5.69 Å². The van der Waals surface area contributed by atoms with Crippen LogP contribution in [0.5, 0.6) is 0 Å². The maximum absolute atomic E-state index is 11.8. The van der Waals surface area contributed by atoms with E-state index in [-0.39, 0.29) is 12.5 Å². The molecule has 1 N–H and O–H groups in total. The SMILES string of the molecule is Cc1ccn([C@@H]2O[C@H](CO)[C@@H](C)[C@@H]2C#N)c(=O)n1. The maximum atomic E-state index is 11.8. The van der Waals surface area contributed by atoms with Gasteiger partial charge in [0.2, 0.25) is 0 Å². The molecule has 0 spiro atoms. The number of ether oxygens (including phenoxy) is 1. The largest absolute Gasteiger partial charge is 0.394 e. The molecule has 1 aromatic rings. The van der Waals surface area contributed by atoms with Crippen molar-refractivity contribution in [2.75, 3.05) is 6.61 Å². The Labute approximate surface area is 104 Å². The number of aromatic nitrogens is 2. The third-order valence-corrected chi connectivity index (χ3v) is 3.35. The first kappa shape index (κ1) is 12.7. The van der Waals surface area contributed by atoms with Gasteiger partial charge in [0.05, 0.1) is 24.7 Å². The zero-order valence-corrected chi connectivity index (χ0v) is 10.3. The lowest BCUT2D eigenvalue weighted by molar-refractivity contribution is -0.0353. The van der Waals surface area contributed by atoms with E-state index in [0.717, 1.165) is 0 Å². The van der Waals surface area contributed by atoms with Crippen LogP contribution in [0.3, 0.4) is 0 Å². The first-order valence-corrected chi connectivity index (χ1v) is 5.80. The number of nitrogens with zero attached hydrogens (tertiary/aromatic N) is 3. The summed E-state index contributed by atoms with van der Waals surface area (Å²) in [4.78, 5) is 15.6. The highest BCUT2D eigenvalue weighted by atomic mass is 16.5. The van der Waals surface area contributed by atoms with Gasteiger partial charge in [0.15, 0.2) is 6.23 Å². The fourth-order valence-electron chi connectivity index (χ4n) is 2.20. The van der Waals surface area contributed by atoms with Crippen LogP contribution in [0.4, 0.5) is 0 Å². The van der Waals surface area contributed by atoms with Gasteiger partial charge in [-0.3, -0.25) is 4.57 Å². The molecule has 0 saturated carbocycles. The Hall–Kier alpha value is -1.71. The molecule has 0 amide bonds. The molecule has 18 heavy (non-hydrogen) atoms. The third kappa shape index (κ3) is 2.03. The van der Waals surface area contributed by atoms with Gasteiger partial charge < -0.3 is 9.84 Å². The second-order valence-corrected chi connectivity index (χ2v) is 4.52. The van der Waals surface area contributed by atoms with E-state index in [4.69, 9.17) is 4.74 Å². The molecule has 96 valence electrons. The van der Waals surface area contributed by atoms with Crippen LogP contribution in [0.2, 0.25) is 0 Å². The van der Waals surface area contributed by atoms with E-state index in [1.807, 2.05) is 6.92 Å². The molecule has 1 saturated heterocycles. The zero-order chi connectivity index (χ0) is 13.3. The molecule has 2 heterocycles. The Morgan fingerprint density at radius 3 is 2.94 bits per heavy atom. The molecule has 2 rings (SSSR count). The standard InChI is InChI=1S/C12H15N3O3/c1-7-3-4-15(12(17)14-7)11-9(5-13)8(2)10(6-16)18-11/h3-4,8-11,16H,6H2,1-2H3/t8-,9-,10+,11+/m0/s1. The van der Waals surface area contributed by atoms with Crippen LogP contribution in [0, 0.1) is 30.1 Å². The van der Waals surface area contributed by atoms with E-state index in [9.17, 15) is 15.2 Å². The van der Waals surface area contributed by atoms with Crippen LogP contribution in [0.15, 0.2) is 17.1 Å². The van der Waals surface area contributed by atoms with Crippen LogP contribution in [0.25, 0.3) is 0 Å². The van der Waals surface area contributed by atoms with Crippen molar-refractivity contribution >= 4 is 0 Å². The average Bonchev–Trinajstić information content (AvgIpc) is 2.65. The fraction of sp³-hybridized carbons (Fsp3) is 0.583. The molecule has 1 aromatic heterocycles. The summed E-state index contributed by atoms with van der Waals surface area (Å²) < 4.78 is 6.90. The summed E-state index contributed by atoms with van der Waals surface area (Å²) in [6.45, 7) is 3.40. The first-order chi connectivity index (χ1) is 8.58. The van der Waals surface area contributed by atoms with Crippen molar-refractivity contribution in [1.29, 1.82) is 5.26 Å². The fourth-order valence-corrected chi connectivity index (χ4v) is 2.20. The first-order valence-electron chi connectivity index (χ1n) is 5.80. The lowest BCUT2D eigenvalue weighted by atomic mass is 9.92. The van der Waals surface area contributed by atoms with E-state index in [0.29, 0.717) is 5.69 Å². The average molecular weight is 249 g/mol. The number of hydrogen-bond donors (Lipinski definition) is 1. The molecule has 4 atom stereocenters. The Bertz CT molecular complexity index is 534. The maximum Gasteiger partial charge on any atom is 0.349 e. The van der Waals surface area contributed by atoms with E-state index < -0.39 is 23.9 Å². The highest BCUT2D eigenvalue weighted by molar-refractivity contribution is 5.02. The van der Waals surface area contributed by atoms with E-state index in [1.54, 1.807) is 19.2 Å². The zero-order valence-electron chi connectivity index (χ0n) is 10.3. The molecular weight excluding hydrogens is 234 g/mol. The smallest absolute Gasteiger partial charge is 0.349 e.